The summed E-state index contributed by atoms with van der Waals surface area (Å²) in [5, 5.41) is 1.44. The Morgan fingerprint density at radius 3 is 2.42 bits per heavy atom. The van der Waals surface area contributed by atoms with Gasteiger partial charge in [0, 0.05) is 10.2 Å². The van der Waals surface area contributed by atoms with Crippen molar-refractivity contribution in [1.82, 2.24) is 0 Å². The summed E-state index contributed by atoms with van der Waals surface area (Å²) in [7, 11) is -0.212. The van der Waals surface area contributed by atoms with Crippen LogP contribution >= 0.6 is 0 Å². The van der Waals surface area contributed by atoms with Crippen LogP contribution in [0.5, 0.6) is 0 Å². The molecular weight excluding hydrogens is 180 g/mol. The average Bonchev–Trinajstić information content (AvgIpc) is 2.03. The molecule has 0 bridgehead atoms. The number of rotatable bonds is 3. The van der Waals surface area contributed by atoms with Crippen LogP contribution in [-0.2, 0) is 6.42 Å². The van der Waals surface area contributed by atoms with Crippen LogP contribution in [0.3, 0.4) is 0 Å². The predicted molar refractivity (Wildman–Crippen MR) is 59.8 cm³/mol. The Labute approximate surface area is 78.6 Å². The fourth-order valence-corrected chi connectivity index (χ4v) is 2.21. The van der Waals surface area contributed by atoms with Gasteiger partial charge in [0.05, 0.1) is 0 Å². The molecule has 3 heteroatoms. The van der Waals surface area contributed by atoms with E-state index in [0.717, 1.165) is 22.7 Å². The standard InChI is InChI=1S/C9H16OSi2/c1-12(10)7-6-8-2-4-9(11)5-3-8/h2-5,10,12H,6-7H2,1,11H3. The van der Waals surface area contributed by atoms with E-state index in [9.17, 15) is 4.80 Å². The minimum absolute atomic E-state index is 1.00. The zero-order valence-electron chi connectivity index (χ0n) is 7.75. The van der Waals surface area contributed by atoms with Crippen molar-refractivity contribution in [2.24, 2.45) is 0 Å². The number of aryl methyl sites for hydroxylation is 1. The minimum Gasteiger partial charge on any atom is -0.435 e. The first-order chi connectivity index (χ1) is 5.68. The Hall–Kier alpha value is -0.386. The molecule has 0 aromatic heterocycles. The summed E-state index contributed by atoms with van der Waals surface area (Å²) in [5.74, 6) is 0. The molecule has 0 aliphatic heterocycles. The molecule has 0 saturated heterocycles. The minimum atomic E-state index is -1.34. The third kappa shape index (κ3) is 3.34. The van der Waals surface area contributed by atoms with E-state index in [-0.39, 0.29) is 0 Å². The molecule has 0 amide bonds. The van der Waals surface area contributed by atoms with E-state index in [1.54, 1.807) is 0 Å². The van der Waals surface area contributed by atoms with Gasteiger partial charge in [-0.15, -0.1) is 0 Å². The van der Waals surface area contributed by atoms with Gasteiger partial charge in [-0.05, 0) is 24.6 Å². The van der Waals surface area contributed by atoms with Gasteiger partial charge in [-0.1, -0.05) is 29.5 Å². The lowest BCUT2D eigenvalue weighted by Crippen LogP contribution is -2.07. The van der Waals surface area contributed by atoms with Crippen LogP contribution < -0.4 is 5.19 Å². The molecule has 0 heterocycles. The van der Waals surface area contributed by atoms with E-state index in [1.807, 2.05) is 6.55 Å². The summed E-state index contributed by atoms with van der Waals surface area (Å²) in [6, 6.07) is 9.73. The summed E-state index contributed by atoms with van der Waals surface area (Å²) in [4.78, 5) is 9.21. The Kier molecular flexibility index (Phi) is 3.71. The molecule has 1 aromatic rings. The first kappa shape index (κ1) is 9.70. The zero-order valence-corrected chi connectivity index (χ0v) is 10.9. The summed E-state index contributed by atoms with van der Waals surface area (Å²) < 4.78 is 0. The first-order valence-corrected chi connectivity index (χ1v) is 7.91. The van der Waals surface area contributed by atoms with Crippen molar-refractivity contribution >= 4 is 24.5 Å². The average molecular weight is 196 g/mol. The van der Waals surface area contributed by atoms with Crippen LogP contribution in [0.1, 0.15) is 5.56 Å². The molecule has 0 aliphatic rings. The highest BCUT2D eigenvalue weighted by molar-refractivity contribution is 6.48. The maximum atomic E-state index is 9.21. The second-order valence-corrected chi connectivity index (χ2v) is 6.80. The van der Waals surface area contributed by atoms with Gasteiger partial charge in [-0.2, -0.15) is 0 Å². The zero-order chi connectivity index (χ0) is 8.97. The molecule has 0 radical (unpaired) electrons. The third-order valence-electron chi connectivity index (χ3n) is 1.97. The Balaban J connectivity index is 2.48. The molecule has 1 N–H and O–H groups in total. The molecule has 0 aliphatic carbocycles. The fourth-order valence-electron chi connectivity index (χ4n) is 1.13. The van der Waals surface area contributed by atoms with E-state index in [1.165, 1.54) is 10.8 Å². The van der Waals surface area contributed by atoms with Gasteiger partial charge < -0.3 is 4.80 Å². The number of hydrogen-bond acceptors (Lipinski definition) is 1. The first-order valence-electron chi connectivity index (χ1n) is 4.42. The lowest BCUT2D eigenvalue weighted by atomic mass is 10.2. The summed E-state index contributed by atoms with van der Waals surface area (Å²) in [5.41, 5.74) is 1.36. The van der Waals surface area contributed by atoms with Crippen molar-refractivity contribution in [3.63, 3.8) is 0 Å². The van der Waals surface area contributed by atoms with Crippen molar-refractivity contribution in [3.05, 3.63) is 29.8 Å². The molecule has 66 valence electrons. The monoisotopic (exact) mass is 196 g/mol. The maximum absolute atomic E-state index is 9.21. The second kappa shape index (κ2) is 4.59. The molecule has 1 atom stereocenters. The van der Waals surface area contributed by atoms with Crippen LogP contribution in [-0.4, -0.2) is 24.1 Å². The van der Waals surface area contributed by atoms with Crippen molar-refractivity contribution in [3.8, 4) is 0 Å². The van der Waals surface area contributed by atoms with Gasteiger partial charge in [-0.25, -0.2) is 0 Å². The fraction of sp³-hybridized carbons (Fsp3) is 0.333. The van der Waals surface area contributed by atoms with E-state index >= 15 is 0 Å². The van der Waals surface area contributed by atoms with Crippen molar-refractivity contribution in [1.29, 1.82) is 0 Å². The topological polar surface area (TPSA) is 20.2 Å². The normalized spacial score (nSPS) is 13.2. The molecular formula is C9H16OSi2. The van der Waals surface area contributed by atoms with E-state index in [0.29, 0.717) is 0 Å². The molecule has 1 aromatic carbocycles. The highest BCUT2D eigenvalue weighted by Crippen LogP contribution is 2.02. The van der Waals surface area contributed by atoms with Crippen LogP contribution in [0.4, 0.5) is 0 Å². The SMILES string of the molecule is C[SiH](O)CCc1ccc([SiH3])cc1. The molecule has 0 saturated carbocycles. The van der Waals surface area contributed by atoms with Crippen LogP contribution in [0.2, 0.25) is 12.6 Å². The Morgan fingerprint density at radius 1 is 1.33 bits per heavy atom. The second-order valence-electron chi connectivity index (χ2n) is 3.37. The molecule has 0 fully saturated rings. The largest absolute Gasteiger partial charge is 0.435 e. The van der Waals surface area contributed by atoms with Gasteiger partial charge in [0.2, 0.25) is 0 Å². The molecule has 1 nitrogen and oxygen atoms in total. The van der Waals surface area contributed by atoms with Gasteiger partial charge in [0.1, 0.15) is 0 Å². The summed E-state index contributed by atoms with van der Waals surface area (Å²) in [6.45, 7) is 1.97. The van der Waals surface area contributed by atoms with Gasteiger partial charge in [-0.3, -0.25) is 0 Å². The predicted octanol–water partition coefficient (Wildman–Crippen LogP) is -0.434. The maximum Gasteiger partial charge on any atom is 0.169 e. The van der Waals surface area contributed by atoms with E-state index < -0.39 is 9.04 Å². The molecule has 1 unspecified atom stereocenters. The Bertz CT molecular complexity index is 231. The Morgan fingerprint density at radius 2 is 1.92 bits per heavy atom. The highest BCUT2D eigenvalue weighted by atomic mass is 28.3. The van der Waals surface area contributed by atoms with Crippen molar-refractivity contribution < 1.29 is 4.80 Å². The van der Waals surface area contributed by atoms with Gasteiger partial charge >= 0.3 is 0 Å². The molecule has 0 spiro atoms. The lowest BCUT2D eigenvalue weighted by Gasteiger charge is -2.02. The summed E-state index contributed by atoms with van der Waals surface area (Å²) in [6.07, 6.45) is 1.05. The van der Waals surface area contributed by atoms with Crippen LogP contribution in [0, 0.1) is 0 Å². The summed E-state index contributed by atoms with van der Waals surface area (Å²) >= 11 is 0. The van der Waals surface area contributed by atoms with Gasteiger partial charge in [0.25, 0.3) is 0 Å². The quantitative estimate of drug-likeness (QED) is 0.650. The van der Waals surface area contributed by atoms with E-state index in [4.69, 9.17) is 0 Å². The number of benzene rings is 1. The smallest absolute Gasteiger partial charge is 0.169 e. The molecule has 1 rings (SSSR count). The van der Waals surface area contributed by atoms with Crippen LogP contribution in [0.15, 0.2) is 24.3 Å². The lowest BCUT2D eigenvalue weighted by molar-refractivity contribution is 0.575. The molecule has 12 heavy (non-hydrogen) atoms. The van der Waals surface area contributed by atoms with Crippen LogP contribution in [0.25, 0.3) is 0 Å². The third-order valence-corrected chi connectivity index (χ3v) is 3.76. The number of hydrogen-bond donors (Lipinski definition) is 1. The van der Waals surface area contributed by atoms with Gasteiger partial charge in [0.15, 0.2) is 9.04 Å². The highest BCUT2D eigenvalue weighted by Gasteiger charge is 1.98. The van der Waals surface area contributed by atoms with Crippen molar-refractivity contribution in [2.45, 2.75) is 19.0 Å². The van der Waals surface area contributed by atoms with E-state index in [2.05, 4.69) is 24.3 Å². The van der Waals surface area contributed by atoms with Crippen molar-refractivity contribution in [2.75, 3.05) is 0 Å².